The quantitative estimate of drug-likeness (QED) is 0.388. The first-order chi connectivity index (χ1) is 12.4. The highest BCUT2D eigenvalue weighted by molar-refractivity contribution is 14.1. The van der Waals surface area contributed by atoms with Gasteiger partial charge in [0.25, 0.3) is 5.91 Å². The Morgan fingerprint density at radius 3 is 2.69 bits per heavy atom. The molecule has 0 saturated heterocycles. The second-order valence-electron chi connectivity index (χ2n) is 5.37. The van der Waals surface area contributed by atoms with Crippen LogP contribution in [-0.2, 0) is 9.59 Å². The maximum atomic E-state index is 12.3. The number of benzene rings is 2. The molecule has 1 amide bonds. The summed E-state index contributed by atoms with van der Waals surface area (Å²) in [6.07, 6.45) is 1.47. The Bertz CT molecular complexity index is 916. The Morgan fingerprint density at radius 1 is 1.31 bits per heavy atom. The van der Waals surface area contributed by atoms with Crippen LogP contribution in [0.4, 0.5) is 5.69 Å². The van der Waals surface area contributed by atoms with E-state index in [1.807, 2.05) is 53.8 Å². The lowest BCUT2D eigenvalue weighted by Gasteiger charge is -2.07. The summed E-state index contributed by atoms with van der Waals surface area (Å²) in [4.78, 5) is 22.9. The third-order valence-electron chi connectivity index (χ3n) is 3.26. The molecule has 2 rings (SSSR count). The highest BCUT2D eigenvalue weighted by Crippen LogP contribution is 2.23. The molecular weight excluding hydrogens is 447 g/mol. The number of aliphatic carboxylic acids is 1. The van der Waals surface area contributed by atoms with E-state index in [0.29, 0.717) is 20.6 Å². The first-order valence-corrected chi connectivity index (χ1v) is 8.61. The lowest BCUT2D eigenvalue weighted by molar-refractivity contribution is -0.139. The number of halogens is 1. The van der Waals surface area contributed by atoms with E-state index in [-0.39, 0.29) is 5.57 Å². The summed E-state index contributed by atoms with van der Waals surface area (Å²) >= 11 is 2.00. The van der Waals surface area contributed by atoms with Gasteiger partial charge in [-0.2, -0.15) is 5.26 Å². The van der Waals surface area contributed by atoms with E-state index in [1.165, 1.54) is 6.08 Å². The molecule has 26 heavy (non-hydrogen) atoms. The maximum Gasteiger partial charge on any atom is 0.341 e. The van der Waals surface area contributed by atoms with Crippen LogP contribution < -0.4 is 10.1 Å². The average molecular weight is 462 g/mol. The molecule has 0 aliphatic rings. The van der Waals surface area contributed by atoms with Gasteiger partial charge in [0.1, 0.15) is 17.4 Å². The minimum atomic E-state index is -1.07. The van der Waals surface area contributed by atoms with Crippen LogP contribution in [0, 0.1) is 21.8 Å². The number of nitrogens with zero attached hydrogens (tertiary/aromatic N) is 1. The molecule has 6 nitrogen and oxygen atoms in total. The van der Waals surface area contributed by atoms with Crippen LogP contribution in [0.25, 0.3) is 6.08 Å². The zero-order valence-electron chi connectivity index (χ0n) is 13.8. The molecule has 0 heterocycles. The Morgan fingerprint density at radius 2 is 2.08 bits per heavy atom. The highest BCUT2D eigenvalue weighted by Gasteiger charge is 2.11. The molecule has 0 atom stereocenters. The van der Waals surface area contributed by atoms with Crippen LogP contribution in [0.1, 0.15) is 11.1 Å². The zero-order chi connectivity index (χ0) is 19.1. The number of rotatable bonds is 6. The van der Waals surface area contributed by atoms with E-state index >= 15 is 0 Å². The fourth-order valence-electron chi connectivity index (χ4n) is 2.10. The SMILES string of the molecule is Cc1cccc(NC(=O)/C(C#N)=C\c2ccc(OCC(=O)O)c(I)c2)c1. The van der Waals surface area contributed by atoms with E-state index in [2.05, 4.69) is 5.32 Å². The van der Waals surface area contributed by atoms with Crippen LogP contribution in [-0.4, -0.2) is 23.6 Å². The van der Waals surface area contributed by atoms with E-state index in [0.717, 1.165) is 5.56 Å². The number of carboxylic acids is 1. The fraction of sp³-hybridized carbons (Fsp3) is 0.105. The number of aryl methyl sites for hydroxylation is 1. The number of amides is 1. The molecule has 0 aromatic heterocycles. The largest absolute Gasteiger partial charge is 0.481 e. The predicted molar refractivity (Wildman–Crippen MR) is 106 cm³/mol. The molecule has 0 spiro atoms. The molecule has 2 N–H and O–H groups in total. The summed E-state index contributed by atoms with van der Waals surface area (Å²) in [5, 5.41) is 20.6. The Balaban J connectivity index is 2.17. The molecular formula is C19H15IN2O4. The molecule has 0 aliphatic heterocycles. The average Bonchev–Trinajstić information content (AvgIpc) is 2.58. The van der Waals surface area contributed by atoms with Crippen LogP contribution in [0.15, 0.2) is 48.0 Å². The van der Waals surface area contributed by atoms with E-state index < -0.39 is 18.5 Å². The van der Waals surface area contributed by atoms with Gasteiger partial charge in [-0.15, -0.1) is 0 Å². The normalized spacial score (nSPS) is 10.7. The number of carbonyl (C=O) groups is 2. The standard InChI is InChI=1S/C19H15IN2O4/c1-12-3-2-4-15(7-12)22-19(25)14(10-21)8-13-5-6-17(16(20)9-13)26-11-18(23)24/h2-9H,11H2,1H3,(H,22,25)(H,23,24)/b14-8-. The highest BCUT2D eigenvalue weighted by atomic mass is 127. The number of ether oxygens (including phenoxy) is 1. The Hall–Kier alpha value is -2.86. The molecule has 2 aromatic carbocycles. The number of carboxylic acid groups (broad SMARTS) is 1. The van der Waals surface area contributed by atoms with Gasteiger partial charge in [-0.1, -0.05) is 18.2 Å². The summed E-state index contributed by atoms with van der Waals surface area (Å²) in [7, 11) is 0. The van der Waals surface area contributed by atoms with Crippen molar-refractivity contribution in [1.82, 2.24) is 0 Å². The minimum Gasteiger partial charge on any atom is -0.481 e. The van der Waals surface area contributed by atoms with Crippen molar-refractivity contribution in [3.63, 3.8) is 0 Å². The Labute approximate surface area is 164 Å². The first-order valence-electron chi connectivity index (χ1n) is 7.53. The van der Waals surface area contributed by atoms with Gasteiger partial charge in [0.2, 0.25) is 0 Å². The van der Waals surface area contributed by atoms with Gasteiger partial charge in [0, 0.05) is 5.69 Å². The number of nitrogens with one attached hydrogen (secondary N) is 1. The fourth-order valence-corrected chi connectivity index (χ4v) is 2.80. The van der Waals surface area contributed by atoms with E-state index in [1.54, 1.807) is 24.3 Å². The number of nitriles is 1. The van der Waals surface area contributed by atoms with Crippen molar-refractivity contribution >= 4 is 46.2 Å². The van der Waals surface area contributed by atoms with Crippen molar-refractivity contribution in [2.24, 2.45) is 0 Å². The van der Waals surface area contributed by atoms with Crippen molar-refractivity contribution in [2.45, 2.75) is 6.92 Å². The summed E-state index contributed by atoms with van der Waals surface area (Å²) in [6.45, 7) is 1.47. The zero-order valence-corrected chi connectivity index (χ0v) is 16.0. The van der Waals surface area contributed by atoms with Crippen molar-refractivity contribution < 1.29 is 19.4 Å². The molecule has 0 saturated carbocycles. The molecule has 7 heteroatoms. The van der Waals surface area contributed by atoms with Gasteiger partial charge >= 0.3 is 5.97 Å². The van der Waals surface area contributed by atoms with Crippen molar-refractivity contribution in [2.75, 3.05) is 11.9 Å². The maximum absolute atomic E-state index is 12.3. The Kier molecular flexibility index (Phi) is 6.74. The van der Waals surface area contributed by atoms with Crippen molar-refractivity contribution in [1.29, 1.82) is 5.26 Å². The molecule has 0 unspecified atom stereocenters. The summed E-state index contributed by atoms with van der Waals surface area (Å²) in [6, 6.07) is 14.1. The number of anilines is 1. The lowest BCUT2D eigenvalue weighted by atomic mass is 10.1. The molecule has 2 aromatic rings. The molecule has 0 aliphatic carbocycles. The second-order valence-corrected chi connectivity index (χ2v) is 6.53. The molecule has 0 radical (unpaired) electrons. The van der Waals surface area contributed by atoms with Crippen LogP contribution in [0.2, 0.25) is 0 Å². The van der Waals surface area contributed by atoms with Gasteiger partial charge in [0.05, 0.1) is 3.57 Å². The summed E-state index contributed by atoms with van der Waals surface area (Å²) in [5.41, 5.74) is 2.20. The number of carbonyl (C=O) groups excluding carboxylic acids is 1. The van der Waals surface area contributed by atoms with Gasteiger partial charge in [-0.3, -0.25) is 4.79 Å². The minimum absolute atomic E-state index is 0.0403. The molecule has 132 valence electrons. The van der Waals surface area contributed by atoms with Crippen molar-refractivity contribution in [3.8, 4) is 11.8 Å². The van der Waals surface area contributed by atoms with Gasteiger partial charge in [-0.25, -0.2) is 4.79 Å². The van der Waals surface area contributed by atoms with Gasteiger partial charge in [-0.05, 0) is 71.0 Å². The van der Waals surface area contributed by atoms with Gasteiger partial charge < -0.3 is 15.2 Å². The monoisotopic (exact) mass is 462 g/mol. The topological polar surface area (TPSA) is 99.4 Å². The number of hydrogen-bond donors (Lipinski definition) is 2. The lowest BCUT2D eigenvalue weighted by Crippen LogP contribution is -2.13. The smallest absolute Gasteiger partial charge is 0.341 e. The summed E-state index contributed by atoms with van der Waals surface area (Å²) < 4.78 is 5.83. The van der Waals surface area contributed by atoms with Crippen molar-refractivity contribution in [3.05, 3.63) is 62.7 Å². The predicted octanol–water partition coefficient (Wildman–Crippen LogP) is 3.61. The first kappa shape index (κ1) is 19.5. The second kappa shape index (κ2) is 9.01. The number of hydrogen-bond acceptors (Lipinski definition) is 4. The third kappa shape index (κ3) is 5.60. The van der Waals surface area contributed by atoms with E-state index in [4.69, 9.17) is 9.84 Å². The molecule has 0 bridgehead atoms. The van der Waals surface area contributed by atoms with Crippen LogP contribution in [0.5, 0.6) is 5.75 Å². The summed E-state index contributed by atoms with van der Waals surface area (Å²) in [5.74, 6) is -1.14. The van der Waals surface area contributed by atoms with E-state index in [9.17, 15) is 14.9 Å². The van der Waals surface area contributed by atoms with Gasteiger partial charge in [0.15, 0.2) is 6.61 Å². The van der Waals surface area contributed by atoms with Crippen LogP contribution in [0.3, 0.4) is 0 Å². The third-order valence-corrected chi connectivity index (χ3v) is 4.10. The van der Waals surface area contributed by atoms with Crippen LogP contribution >= 0.6 is 22.6 Å². The molecule has 0 fully saturated rings.